The Kier molecular flexibility index (Phi) is 9.82. The van der Waals surface area contributed by atoms with Gasteiger partial charge in [0.25, 0.3) is 0 Å². The zero-order chi connectivity index (χ0) is 21.6. The Morgan fingerprint density at radius 3 is 2.61 bits per heavy atom. The molecule has 1 aromatic heterocycles. The monoisotopic (exact) mass is 569 g/mol. The zero-order valence-electron chi connectivity index (χ0n) is 17.5. The molecule has 2 aromatic rings. The number of rotatable bonds is 6. The first-order valence-corrected chi connectivity index (χ1v) is 10.6. The van der Waals surface area contributed by atoms with Crippen molar-refractivity contribution >= 4 is 47.0 Å². The number of nitrogens with zero attached hydrogens (tertiary/aromatic N) is 3. The molecule has 2 N–H and O–H groups in total. The molecule has 2 heterocycles. The van der Waals surface area contributed by atoms with Gasteiger partial charge in [-0.3, -0.25) is 0 Å². The Bertz CT molecular complexity index is 869. The number of thiazole rings is 1. The van der Waals surface area contributed by atoms with Crippen molar-refractivity contribution in [1.82, 2.24) is 15.6 Å². The molecule has 0 atom stereocenters. The molecule has 6 nitrogen and oxygen atoms in total. The minimum Gasteiger partial charge on any atom is -0.378 e. The summed E-state index contributed by atoms with van der Waals surface area (Å²) < 4.78 is 46.4. The minimum absolute atomic E-state index is 0. The summed E-state index contributed by atoms with van der Waals surface area (Å²) in [4.78, 5) is 11.6. The average molecular weight is 569 g/mol. The highest BCUT2D eigenvalue weighted by molar-refractivity contribution is 14.0. The number of anilines is 1. The van der Waals surface area contributed by atoms with Crippen LogP contribution in [-0.4, -0.2) is 43.8 Å². The topological polar surface area (TPSA) is 61.8 Å². The molecular weight excluding hydrogens is 542 g/mol. The van der Waals surface area contributed by atoms with E-state index in [1.165, 1.54) is 12.1 Å². The van der Waals surface area contributed by atoms with Gasteiger partial charge in [-0.05, 0) is 31.5 Å². The van der Waals surface area contributed by atoms with Crippen molar-refractivity contribution in [1.29, 1.82) is 0 Å². The summed E-state index contributed by atoms with van der Waals surface area (Å²) in [5.74, 6) is 0.454. The third kappa shape index (κ3) is 7.49. The van der Waals surface area contributed by atoms with E-state index in [0.717, 1.165) is 9.88 Å². The van der Waals surface area contributed by atoms with Gasteiger partial charge in [-0.25, -0.2) is 9.98 Å². The first-order valence-electron chi connectivity index (χ1n) is 9.83. The Morgan fingerprint density at radius 1 is 1.26 bits per heavy atom. The molecule has 0 spiro atoms. The quantitative estimate of drug-likeness (QED) is 0.311. The third-order valence-electron chi connectivity index (χ3n) is 4.60. The number of aryl methyl sites for hydroxylation is 1. The van der Waals surface area contributed by atoms with Gasteiger partial charge in [0, 0.05) is 36.4 Å². The van der Waals surface area contributed by atoms with Crippen LogP contribution in [0, 0.1) is 6.92 Å². The maximum absolute atomic E-state index is 13.7. The van der Waals surface area contributed by atoms with E-state index in [9.17, 15) is 13.2 Å². The molecule has 0 saturated carbocycles. The largest absolute Gasteiger partial charge is 0.416 e. The average Bonchev–Trinajstić information content (AvgIpc) is 3.15. The molecule has 11 heteroatoms. The van der Waals surface area contributed by atoms with Gasteiger partial charge >= 0.3 is 6.18 Å². The lowest BCUT2D eigenvalue weighted by atomic mass is 10.1. The van der Waals surface area contributed by atoms with E-state index in [1.807, 2.05) is 18.7 Å². The molecule has 0 bridgehead atoms. The maximum Gasteiger partial charge on any atom is 0.416 e. The summed E-state index contributed by atoms with van der Waals surface area (Å²) in [5, 5.41) is 7.08. The number of hydrogen-bond donors (Lipinski definition) is 2. The molecule has 0 amide bonds. The highest BCUT2D eigenvalue weighted by Gasteiger charge is 2.34. The second-order valence-corrected chi connectivity index (χ2v) is 8.17. The highest BCUT2D eigenvalue weighted by atomic mass is 127. The van der Waals surface area contributed by atoms with Gasteiger partial charge in [0.15, 0.2) is 5.96 Å². The van der Waals surface area contributed by atoms with Crippen LogP contribution in [-0.2, 0) is 24.0 Å². The highest BCUT2D eigenvalue weighted by Crippen LogP contribution is 2.35. The standard InChI is InChI=1S/C20H26F3N5OS.HI/c1-3-24-19(27-13-18-25-11-14(2)30-18)26-12-15-4-5-16(10-17(15)20(21,22)23)28-6-8-29-9-7-28;/h4-5,10-11H,3,6-9,12-13H2,1-2H3,(H2,24,26,27);1H. The van der Waals surface area contributed by atoms with Crippen LogP contribution < -0.4 is 15.5 Å². The van der Waals surface area contributed by atoms with Crippen LogP contribution in [0.1, 0.15) is 27.9 Å². The van der Waals surface area contributed by atoms with Crippen LogP contribution in [0.15, 0.2) is 29.4 Å². The van der Waals surface area contributed by atoms with Gasteiger partial charge in [0.05, 0.1) is 31.9 Å². The number of alkyl halides is 3. The van der Waals surface area contributed by atoms with Crippen molar-refractivity contribution in [3.8, 4) is 0 Å². The third-order valence-corrected chi connectivity index (χ3v) is 5.52. The van der Waals surface area contributed by atoms with Crippen LogP contribution >= 0.6 is 35.3 Å². The van der Waals surface area contributed by atoms with Gasteiger partial charge in [0.1, 0.15) is 5.01 Å². The molecule has 1 fully saturated rings. The normalized spacial score (nSPS) is 14.9. The summed E-state index contributed by atoms with van der Waals surface area (Å²) in [6.45, 7) is 7.07. The number of hydrogen-bond acceptors (Lipinski definition) is 5. The van der Waals surface area contributed by atoms with Gasteiger partial charge in [-0.1, -0.05) is 6.07 Å². The lowest BCUT2D eigenvalue weighted by Crippen LogP contribution is -2.37. The van der Waals surface area contributed by atoms with Crippen molar-refractivity contribution in [3.05, 3.63) is 45.4 Å². The van der Waals surface area contributed by atoms with Crippen LogP contribution in [0.5, 0.6) is 0 Å². The SMILES string of the molecule is CCNC(=NCc1ccc(N2CCOCC2)cc1C(F)(F)F)NCc1ncc(C)s1.I. The molecule has 0 radical (unpaired) electrons. The lowest BCUT2D eigenvalue weighted by molar-refractivity contribution is -0.138. The van der Waals surface area contributed by atoms with Crippen molar-refractivity contribution in [3.63, 3.8) is 0 Å². The molecule has 0 aliphatic carbocycles. The second kappa shape index (κ2) is 11.9. The van der Waals surface area contributed by atoms with Crippen molar-refractivity contribution < 1.29 is 17.9 Å². The maximum atomic E-state index is 13.7. The summed E-state index contributed by atoms with van der Waals surface area (Å²) >= 11 is 1.56. The summed E-state index contributed by atoms with van der Waals surface area (Å²) in [6.07, 6.45) is -2.66. The number of guanidine groups is 1. The number of benzene rings is 1. The van der Waals surface area contributed by atoms with E-state index < -0.39 is 11.7 Å². The van der Waals surface area contributed by atoms with Crippen LogP contribution in [0.3, 0.4) is 0 Å². The van der Waals surface area contributed by atoms with E-state index in [0.29, 0.717) is 51.0 Å². The van der Waals surface area contributed by atoms with E-state index in [1.54, 1.807) is 23.6 Å². The molecule has 1 aromatic carbocycles. The fourth-order valence-corrected chi connectivity index (χ4v) is 3.86. The Morgan fingerprint density at radius 2 is 2.00 bits per heavy atom. The van der Waals surface area contributed by atoms with E-state index in [-0.39, 0.29) is 36.1 Å². The zero-order valence-corrected chi connectivity index (χ0v) is 20.6. The fraction of sp³-hybridized carbons (Fsp3) is 0.500. The van der Waals surface area contributed by atoms with E-state index in [4.69, 9.17) is 4.74 Å². The smallest absolute Gasteiger partial charge is 0.378 e. The molecule has 1 saturated heterocycles. The van der Waals surface area contributed by atoms with E-state index in [2.05, 4.69) is 20.6 Å². The van der Waals surface area contributed by atoms with Gasteiger partial charge in [0.2, 0.25) is 0 Å². The molecular formula is C20H27F3IN5OS. The summed E-state index contributed by atoms with van der Waals surface area (Å²) in [5.41, 5.74) is 0.0472. The molecule has 0 unspecified atom stereocenters. The number of halogens is 4. The molecule has 31 heavy (non-hydrogen) atoms. The molecule has 172 valence electrons. The second-order valence-electron chi connectivity index (χ2n) is 6.85. The first-order chi connectivity index (χ1) is 14.4. The molecule has 3 rings (SSSR count). The first kappa shape index (κ1) is 25.7. The predicted molar refractivity (Wildman–Crippen MR) is 128 cm³/mol. The van der Waals surface area contributed by atoms with Gasteiger partial charge < -0.3 is 20.3 Å². The lowest BCUT2D eigenvalue weighted by Gasteiger charge is -2.29. The Hall–Kier alpha value is -1.60. The Balaban J connectivity index is 0.00000341. The number of aliphatic imine (C=N–C) groups is 1. The predicted octanol–water partition coefficient (Wildman–Crippen LogP) is 4.18. The van der Waals surface area contributed by atoms with Crippen LogP contribution in [0.2, 0.25) is 0 Å². The van der Waals surface area contributed by atoms with Crippen molar-refractivity contribution in [2.75, 3.05) is 37.7 Å². The number of ether oxygens (including phenoxy) is 1. The van der Waals surface area contributed by atoms with Gasteiger partial charge in [-0.2, -0.15) is 13.2 Å². The summed E-state index contributed by atoms with van der Waals surface area (Å²) in [7, 11) is 0. The fourth-order valence-electron chi connectivity index (χ4n) is 3.13. The minimum atomic E-state index is -4.45. The van der Waals surface area contributed by atoms with Crippen LogP contribution in [0.4, 0.5) is 18.9 Å². The molecule has 1 aliphatic rings. The number of nitrogens with one attached hydrogen (secondary N) is 2. The van der Waals surface area contributed by atoms with Crippen LogP contribution in [0.25, 0.3) is 0 Å². The van der Waals surface area contributed by atoms with Crippen molar-refractivity contribution in [2.45, 2.75) is 33.1 Å². The van der Waals surface area contributed by atoms with Crippen molar-refractivity contribution in [2.24, 2.45) is 4.99 Å². The number of aromatic nitrogens is 1. The number of morpholine rings is 1. The molecule has 1 aliphatic heterocycles. The van der Waals surface area contributed by atoms with Gasteiger partial charge in [-0.15, -0.1) is 35.3 Å². The van der Waals surface area contributed by atoms with E-state index >= 15 is 0 Å². The summed E-state index contributed by atoms with van der Waals surface area (Å²) in [6, 6.07) is 4.46. The Labute approximate surface area is 201 Å².